The van der Waals surface area contributed by atoms with Crippen molar-refractivity contribution in [1.82, 2.24) is 14.5 Å². The summed E-state index contributed by atoms with van der Waals surface area (Å²) in [6, 6.07) is 7.64. The molecule has 184 valence electrons. The molecule has 1 aromatic heterocycles. The fourth-order valence-corrected chi connectivity index (χ4v) is 6.49. The van der Waals surface area contributed by atoms with Gasteiger partial charge in [0.1, 0.15) is 0 Å². The fraction of sp³-hybridized carbons (Fsp3) is 0.615. The van der Waals surface area contributed by atoms with Crippen LogP contribution in [0.3, 0.4) is 0 Å². The number of carbonyl (C=O) groups is 2. The predicted octanol–water partition coefficient (Wildman–Crippen LogP) is 4.28. The Morgan fingerprint density at radius 1 is 1.12 bits per heavy atom. The van der Waals surface area contributed by atoms with Gasteiger partial charge in [-0.1, -0.05) is 62.9 Å². The van der Waals surface area contributed by atoms with Crippen molar-refractivity contribution in [2.75, 3.05) is 13.1 Å². The molecule has 1 aromatic carbocycles. The van der Waals surface area contributed by atoms with Crippen LogP contribution in [-0.4, -0.2) is 44.6 Å². The van der Waals surface area contributed by atoms with Crippen LogP contribution in [0.2, 0.25) is 0 Å². The zero-order valence-electron chi connectivity index (χ0n) is 20.1. The highest BCUT2D eigenvalue weighted by Gasteiger charge is 2.32. The number of primary amides is 1. The number of likely N-dealkylation sites (tertiary alicyclic amines) is 1. The summed E-state index contributed by atoms with van der Waals surface area (Å²) >= 11 is 1.46. The van der Waals surface area contributed by atoms with E-state index in [0.717, 1.165) is 44.9 Å². The highest BCUT2D eigenvalue weighted by atomic mass is 32.2. The number of rotatable bonds is 8. The van der Waals surface area contributed by atoms with Crippen LogP contribution in [-0.2, 0) is 9.59 Å². The minimum absolute atomic E-state index is 0.00367. The predicted molar refractivity (Wildman–Crippen MR) is 136 cm³/mol. The lowest BCUT2D eigenvalue weighted by Crippen LogP contribution is -2.45. The Balaban J connectivity index is 1.64. The standard InChI is InChI=1S/C26H36N4O3S/c1-2-3-13-22(25(33)29-16-14-18(15-17-29)23(27)31)34-26-28-21-12-8-7-11-20(21)24(32)30(26)19-9-5-4-6-10-19/h7-8,11-12,18-19,22H,2-6,9-10,13-17H2,1H3,(H2,27,31). The van der Waals surface area contributed by atoms with Gasteiger partial charge >= 0.3 is 0 Å². The van der Waals surface area contributed by atoms with Crippen molar-refractivity contribution in [2.24, 2.45) is 11.7 Å². The molecule has 0 radical (unpaired) electrons. The first kappa shape index (κ1) is 24.8. The third kappa shape index (κ3) is 5.48. The van der Waals surface area contributed by atoms with Crippen molar-refractivity contribution in [2.45, 2.75) is 87.6 Å². The molecule has 2 N–H and O–H groups in total. The number of para-hydroxylation sites is 1. The Kier molecular flexibility index (Phi) is 8.29. The van der Waals surface area contributed by atoms with Gasteiger partial charge in [-0.2, -0.15) is 0 Å². The van der Waals surface area contributed by atoms with Crippen molar-refractivity contribution < 1.29 is 9.59 Å². The first-order valence-electron chi connectivity index (χ1n) is 12.8. The molecule has 1 unspecified atom stereocenters. The highest BCUT2D eigenvalue weighted by molar-refractivity contribution is 8.00. The minimum Gasteiger partial charge on any atom is -0.369 e. The van der Waals surface area contributed by atoms with Gasteiger partial charge in [0, 0.05) is 25.0 Å². The molecule has 2 fully saturated rings. The molecule has 8 heteroatoms. The first-order chi connectivity index (χ1) is 16.5. The minimum atomic E-state index is -0.298. The number of fused-ring (bicyclic) bond motifs is 1. The lowest BCUT2D eigenvalue weighted by Gasteiger charge is -2.33. The van der Waals surface area contributed by atoms with Crippen LogP contribution in [0, 0.1) is 5.92 Å². The van der Waals surface area contributed by atoms with E-state index in [1.54, 1.807) is 0 Å². The summed E-state index contributed by atoms with van der Waals surface area (Å²) in [7, 11) is 0. The van der Waals surface area contributed by atoms with E-state index in [2.05, 4.69) is 6.92 Å². The van der Waals surface area contributed by atoms with Crippen LogP contribution < -0.4 is 11.3 Å². The Morgan fingerprint density at radius 2 is 1.82 bits per heavy atom. The number of nitrogens with zero attached hydrogens (tertiary/aromatic N) is 3. The van der Waals surface area contributed by atoms with Crippen molar-refractivity contribution >= 4 is 34.5 Å². The first-order valence-corrected chi connectivity index (χ1v) is 13.6. The van der Waals surface area contributed by atoms with Gasteiger partial charge in [-0.05, 0) is 44.2 Å². The zero-order valence-corrected chi connectivity index (χ0v) is 20.9. The number of thioether (sulfide) groups is 1. The second-order valence-corrected chi connectivity index (χ2v) is 10.8. The fourth-order valence-electron chi connectivity index (χ4n) is 5.21. The smallest absolute Gasteiger partial charge is 0.262 e. The Bertz CT molecular complexity index is 1070. The molecular formula is C26H36N4O3S. The quantitative estimate of drug-likeness (QED) is 0.445. The van der Waals surface area contributed by atoms with E-state index in [-0.39, 0.29) is 34.6 Å². The second kappa shape index (κ2) is 11.4. The van der Waals surface area contributed by atoms with Crippen LogP contribution in [0.4, 0.5) is 0 Å². The van der Waals surface area contributed by atoms with Gasteiger partial charge in [0.15, 0.2) is 5.16 Å². The molecule has 1 aliphatic heterocycles. The average molecular weight is 485 g/mol. The number of piperidine rings is 1. The number of nitrogens with two attached hydrogens (primary N) is 1. The van der Waals surface area contributed by atoms with Gasteiger partial charge in [-0.3, -0.25) is 19.0 Å². The molecule has 2 amide bonds. The lowest BCUT2D eigenvalue weighted by molar-refractivity contribution is -0.134. The number of benzene rings is 1. The summed E-state index contributed by atoms with van der Waals surface area (Å²) in [6.07, 6.45) is 9.28. The summed E-state index contributed by atoms with van der Waals surface area (Å²) in [4.78, 5) is 45.5. The van der Waals surface area contributed by atoms with E-state index in [1.165, 1.54) is 18.2 Å². The van der Waals surface area contributed by atoms with E-state index in [9.17, 15) is 14.4 Å². The maximum atomic E-state index is 13.6. The van der Waals surface area contributed by atoms with Gasteiger partial charge < -0.3 is 10.6 Å². The van der Waals surface area contributed by atoms with E-state index in [1.807, 2.05) is 33.7 Å². The number of unbranched alkanes of at least 4 members (excludes halogenated alkanes) is 1. The molecule has 0 bridgehead atoms. The average Bonchev–Trinajstić information content (AvgIpc) is 2.87. The third-order valence-electron chi connectivity index (χ3n) is 7.27. The van der Waals surface area contributed by atoms with Crippen molar-refractivity contribution in [3.8, 4) is 0 Å². The van der Waals surface area contributed by atoms with Gasteiger partial charge in [-0.15, -0.1) is 0 Å². The lowest BCUT2D eigenvalue weighted by atomic mass is 9.95. The largest absolute Gasteiger partial charge is 0.369 e. The second-order valence-electron chi connectivity index (χ2n) is 9.63. The van der Waals surface area contributed by atoms with Crippen LogP contribution >= 0.6 is 11.8 Å². The van der Waals surface area contributed by atoms with Gasteiger partial charge in [0.25, 0.3) is 5.56 Å². The van der Waals surface area contributed by atoms with E-state index in [4.69, 9.17) is 10.7 Å². The number of carbonyl (C=O) groups excluding carboxylic acids is 2. The van der Waals surface area contributed by atoms with Crippen LogP contribution in [0.25, 0.3) is 10.9 Å². The molecule has 1 saturated carbocycles. The van der Waals surface area contributed by atoms with E-state index >= 15 is 0 Å². The molecule has 1 atom stereocenters. The van der Waals surface area contributed by atoms with Crippen LogP contribution in [0.5, 0.6) is 0 Å². The summed E-state index contributed by atoms with van der Waals surface area (Å²) in [5, 5.41) is 1.01. The molecule has 0 spiro atoms. The normalized spacial score (nSPS) is 18.8. The number of hydrogen-bond acceptors (Lipinski definition) is 5. The molecule has 34 heavy (non-hydrogen) atoms. The molecule has 1 saturated heterocycles. The third-order valence-corrected chi connectivity index (χ3v) is 8.49. The van der Waals surface area contributed by atoms with Gasteiger partial charge in [-0.25, -0.2) is 4.98 Å². The SMILES string of the molecule is CCCCC(Sc1nc2ccccc2c(=O)n1C1CCCCC1)C(=O)N1CCC(C(N)=O)CC1. The van der Waals surface area contributed by atoms with E-state index < -0.39 is 0 Å². The van der Waals surface area contributed by atoms with Gasteiger partial charge in [0.2, 0.25) is 11.8 Å². The summed E-state index contributed by atoms with van der Waals surface area (Å²) < 4.78 is 1.89. The van der Waals surface area contributed by atoms with Crippen molar-refractivity contribution in [1.29, 1.82) is 0 Å². The van der Waals surface area contributed by atoms with Crippen LogP contribution in [0.1, 0.15) is 77.2 Å². The zero-order chi connectivity index (χ0) is 24.1. The summed E-state index contributed by atoms with van der Waals surface area (Å²) in [6.45, 7) is 3.23. The number of amides is 2. The monoisotopic (exact) mass is 484 g/mol. The summed E-state index contributed by atoms with van der Waals surface area (Å²) in [5.74, 6) is -0.343. The Labute approximate surface area is 205 Å². The Hall–Kier alpha value is -2.35. The van der Waals surface area contributed by atoms with Crippen molar-refractivity contribution in [3.63, 3.8) is 0 Å². The van der Waals surface area contributed by atoms with Crippen LogP contribution in [0.15, 0.2) is 34.2 Å². The molecule has 1 aliphatic carbocycles. The maximum Gasteiger partial charge on any atom is 0.262 e. The van der Waals surface area contributed by atoms with Crippen molar-refractivity contribution in [3.05, 3.63) is 34.6 Å². The number of hydrogen-bond donors (Lipinski definition) is 1. The molecule has 2 heterocycles. The van der Waals surface area contributed by atoms with E-state index in [0.29, 0.717) is 42.0 Å². The molecule has 2 aliphatic rings. The molecule has 7 nitrogen and oxygen atoms in total. The topological polar surface area (TPSA) is 98.3 Å². The Morgan fingerprint density at radius 3 is 2.50 bits per heavy atom. The number of aromatic nitrogens is 2. The molecular weight excluding hydrogens is 448 g/mol. The van der Waals surface area contributed by atoms with Gasteiger partial charge in [0.05, 0.1) is 16.2 Å². The molecule has 4 rings (SSSR count). The maximum absolute atomic E-state index is 13.6. The summed E-state index contributed by atoms with van der Waals surface area (Å²) in [5.41, 5.74) is 6.17. The highest BCUT2D eigenvalue weighted by Crippen LogP contribution is 2.34. The molecule has 2 aromatic rings.